The van der Waals surface area contributed by atoms with Crippen LogP contribution in [0.2, 0.25) is 0 Å². The summed E-state index contributed by atoms with van der Waals surface area (Å²) in [5.41, 5.74) is 13.1. The monoisotopic (exact) mass is 234 g/mol. The van der Waals surface area contributed by atoms with Gasteiger partial charge in [-0.3, -0.25) is 0 Å². The summed E-state index contributed by atoms with van der Waals surface area (Å²) in [5.74, 6) is 0.653. The molecule has 2 aromatic rings. The van der Waals surface area contributed by atoms with Crippen molar-refractivity contribution in [1.29, 1.82) is 0 Å². The summed E-state index contributed by atoms with van der Waals surface area (Å²) in [6.07, 6.45) is 0. The van der Waals surface area contributed by atoms with Crippen LogP contribution in [0.15, 0.2) is 18.2 Å². The van der Waals surface area contributed by atoms with Crippen LogP contribution in [0.1, 0.15) is 33.3 Å². The Morgan fingerprint density at radius 1 is 0.941 bits per heavy atom. The molecule has 17 heavy (non-hydrogen) atoms. The number of anilines is 2. The van der Waals surface area contributed by atoms with Crippen molar-refractivity contribution in [3.05, 3.63) is 23.8 Å². The van der Waals surface area contributed by atoms with Crippen LogP contribution in [0.5, 0.6) is 0 Å². The minimum Gasteiger partial charge on any atom is -0.383 e. The largest absolute Gasteiger partial charge is 0.383 e. The van der Waals surface area contributed by atoms with E-state index < -0.39 is 0 Å². The minimum atomic E-state index is 0.217. The predicted octanol–water partition coefficient (Wildman–Crippen LogP) is 3.16. The fraction of sp³-hybridized carbons (Fsp3) is 0.385. The third-order valence-corrected chi connectivity index (χ3v) is 1.90. The fourth-order valence-electron chi connectivity index (χ4n) is 1.28. The van der Waals surface area contributed by atoms with Crippen LogP contribution in [0.25, 0.3) is 10.9 Å². The molecule has 4 nitrogen and oxygen atoms in total. The summed E-state index contributed by atoms with van der Waals surface area (Å²) >= 11 is 0. The Balaban J connectivity index is 0.000000581. The lowest BCUT2D eigenvalue weighted by atomic mass is 10.1. The van der Waals surface area contributed by atoms with Crippen LogP contribution in [0.4, 0.5) is 11.8 Å². The molecule has 1 aromatic heterocycles. The van der Waals surface area contributed by atoms with Crippen molar-refractivity contribution < 1.29 is 0 Å². The number of nitrogens with zero attached hydrogens (tertiary/aromatic N) is 2. The van der Waals surface area contributed by atoms with E-state index in [0.717, 1.165) is 16.5 Å². The van der Waals surface area contributed by atoms with Crippen molar-refractivity contribution in [3.8, 4) is 0 Å². The van der Waals surface area contributed by atoms with Crippen molar-refractivity contribution in [2.24, 2.45) is 0 Å². The topological polar surface area (TPSA) is 77.8 Å². The van der Waals surface area contributed by atoms with Gasteiger partial charge in [0.15, 0.2) is 0 Å². The van der Waals surface area contributed by atoms with Gasteiger partial charge in [-0.25, -0.2) is 4.98 Å². The standard InChI is InChI=1S/C9H10N4.2C2H6/c1-5-2-3-7-6(4-5)8(10)13-9(11)12-7;2*1-2/h2-4H,1H3,(H4,10,11,12,13);2*1-2H3. The molecule has 0 bridgehead atoms. The van der Waals surface area contributed by atoms with E-state index in [1.165, 1.54) is 0 Å². The molecule has 1 aromatic carbocycles. The highest BCUT2D eigenvalue weighted by atomic mass is 15.0. The third kappa shape index (κ3) is 3.90. The normalized spacial score (nSPS) is 8.76. The average molecular weight is 234 g/mol. The van der Waals surface area contributed by atoms with Crippen molar-refractivity contribution in [1.82, 2.24) is 9.97 Å². The first-order valence-electron chi connectivity index (χ1n) is 5.96. The fourth-order valence-corrected chi connectivity index (χ4v) is 1.28. The van der Waals surface area contributed by atoms with Gasteiger partial charge in [0, 0.05) is 5.39 Å². The Morgan fingerprint density at radius 2 is 1.53 bits per heavy atom. The lowest BCUT2D eigenvalue weighted by Crippen LogP contribution is -2.00. The SMILES string of the molecule is CC.CC.Cc1ccc2nc(N)nc(N)c2c1. The van der Waals surface area contributed by atoms with Crippen molar-refractivity contribution >= 4 is 22.7 Å². The number of aryl methyl sites for hydroxylation is 1. The Hall–Kier alpha value is -1.84. The van der Waals surface area contributed by atoms with E-state index in [9.17, 15) is 0 Å². The van der Waals surface area contributed by atoms with Gasteiger partial charge in [-0.2, -0.15) is 4.98 Å². The Bertz CT molecular complexity index is 466. The number of rotatable bonds is 0. The van der Waals surface area contributed by atoms with Gasteiger partial charge in [-0.05, 0) is 19.1 Å². The molecule has 0 unspecified atom stereocenters. The van der Waals surface area contributed by atoms with Crippen molar-refractivity contribution in [2.45, 2.75) is 34.6 Å². The second-order valence-corrected chi connectivity index (χ2v) is 2.99. The quantitative estimate of drug-likeness (QED) is 0.734. The third-order valence-electron chi connectivity index (χ3n) is 1.90. The van der Waals surface area contributed by atoms with Gasteiger partial charge < -0.3 is 11.5 Å². The van der Waals surface area contributed by atoms with Gasteiger partial charge in [-0.15, -0.1) is 0 Å². The number of fused-ring (bicyclic) bond motifs is 1. The molecule has 0 aliphatic carbocycles. The molecule has 0 atom stereocenters. The van der Waals surface area contributed by atoms with Crippen LogP contribution in [-0.4, -0.2) is 9.97 Å². The molecule has 0 fully saturated rings. The molecule has 4 heteroatoms. The maximum absolute atomic E-state index is 5.69. The van der Waals surface area contributed by atoms with E-state index >= 15 is 0 Å². The summed E-state index contributed by atoms with van der Waals surface area (Å²) < 4.78 is 0. The van der Waals surface area contributed by atoms with Gasteiger partial charge >= 0.3 is 0 Å². The zero-order valence-electron chi connectivity index (χ0n) is 11.3. The number of nitrogen functional groups attached to an aromatic ring is 2. The van der Waals surface area contributed by atoms with Gasteiger partial charge in [0.25, 0.3) is 0 Å². The molecule has 1 heterocycles. The van der Waals surface area contributed by atoms with E-state index in [-0.39, 0.29) is 5.95 Å². The van der Waals surface area contributed by atoms with Crippen LogP contribution < -0.4 is 11.5 Å². The van der Waals surface area contributed by atoms with Gasteiger partial charge in [-0.1, -0.05) is 39.3 Å². The molecular formula is C13H22N4. The van der Waals surface area contributed by atoms with Crippen LogP contribution in [-0.2, 0) is 0 Å². The van der Waals surface area contributed by atoms with Crippen molar-refractivity contribution in [2.75, 3.05) is 11.5 Å². The minimum absolute atomic E-state index is 0.217. The molecule has 0 aliphatic rings. The molecule has 0 spiro atoms. The smallest absolute Gasteiger partial charge is 0.222 e. The Morgan fingerprint density at radius 3 is 2.12 bits per heavy atom. The molecule has 0 saturated carbocycles. The summed E-state index contributed by atoms with van der Waals surface area (Å²) in [7, 11) is 0. The lowest BCUT2D eigenvalue weighted by molar-refractivity contribution is 1.24. The van der Waals surface area contributed by atoms with Crippen LogP contribution >= 0.6 is 0 Å². The molecule has 0 amide bonds. The zero-order valence-corrected chi connectivity index (χ0v) is 11.3. The number of hydrogen-bond acceptors (Lipinski definition) is 4. The molecular weight excluding hydrogens is 212 g/mol. The van der Waals surface area contributed by atoms with Crippen molar-refractivity contribution in [3.63, 3.8) is 0 Å². The number of aromatic nitrogens is 2. The van der Waals surface area contributed by atoms with E-state index in [1.54, 1.807) is 0 Å². The Labute approximate surface area is 103 Å². The van der Waals surface area contributed by atoms with E-state index in [2.05, 4.69) is 9.97 Å². The molecule has 2 rings (SSSR count). The number of benzene rings is 1. The molecule has 94 valence electrons. The summed E-state index contributed by atoms with van der Waals surface area (Å²) in [6, 6.07) is 5.80. The molecule has 0 radical (unpaired) electrons. The predicted molar refractivity (Wildman–Crippen MR) is 75.8 cm³/mol. The highest BCUT2D eigenvalue weighted by molar-refractivity contribution is 5.89. The summed E-state index contributed by atoms with van der Waals surface area (Å²) in [6.45, 7) is 10.00. The average Bonchev–Trinajstić information content (AvgIpc) is 2.35. The lowest BCUT2D eigenvalue weighted by Gasteiger charge is -2.02. The zero-order chi connectivity index (χ0) is 13.4. The second kappa shape index (κ2) is 7.44. The maximum atomic E-state index is 5.69. The number of hydrogen-bond donors (Lipinski definition) is 2. The molecule has 0 saturated heterocycles. The van der Waals surface area contributed by atoms with Gasteiger partial charge in [0.05, 0.1) is 5.52 Å². The van der Waals surface area contributed by atoms with E-state index in [0.29, 0.717) is 5.82 Å². The number of nitrogens with two attached hydrogens (primary N) is 2. The van der Waals surface area contributed by atoms with E-state index in [1.807, 2.05) is 52.8 Å². The highest BCUT2D eigenvalue weighted by Gasteiger charge is 2.01. The molecule has 0 aliphatic heterocycles. The molecule has 4 N–H and O–H groups in total. The van der Waals surface area contributed by atoms with Crippen LogP contribution in [0.3, 0.4) is 0 Å². The highest BCUT2D eigenvalue weighted by Crippen LogP contribution is 2.19. The van der Waals surface area contributed by atoms with E-state index in [4.69, 9.17) is 11.5 Å². The van der Waals surface area contributed by atoms with Gasteiger partial charge in [0.1, 0.15) is 5.82 Å². The second-order valence-electron chi connectivity index (χ2n) is 2.99. The van der Waals surface area contributed by atoms with Gasteiger partial charge in [0.2, 0.25) is 5.95 Å². The Kier molecular flexibility index (Phi) is 6.63. The summed E-state index contributed by atoms with van der Waals surface area (Å²) in [5, 5.41) is 0.856. The first-order valence-corrected chi connectivity index (χ1v) is 5.96. The first-order chi connectivity index (χ1) is 8.16. The summed E-state index contributed by atoms with van der Waals surface area (Å²) in [4.78, 5) is 7.95. The first kappa shape index (κ1) is 15.2. The van der Waals surface area contributed by atoms with Crippen LogP contribution in [0, 0.1) is 6.92 Å². The maximum Gasteiger partial charge on any atom is 0.222 e.